The van der Waals surface area contributed by atoms with Gasteiger partial charge in [-0.15, -0.1) is 0 Å². The topological polar surface area (TPSA) is 53.7 Å². The molecule has 0 saturated heterocycles. The summed E-state index contributed by atoms with van der Waals surface area (Å²) in [5.74, 6) is 1.46. The molecule has 0 saturated carbocycles. The van der Waals surface area contributed by atoms with Crippen molar-refractivity contribution in [3.8, 4) is 11.5 Å². The first kappa shape index (κ1) is 13.8. The van der Waals surface area contributed by atoms with E-state index < -0.39 is 0 Å². The third-order valence-electron chi connectivity index (χ3n) is 2.44. The van der Waals surface area contributed by atoms with Gasteiger partial charge in [0.15, 0.2) is 11.5 Å². The van der Waals surface area contributed by atoms with Crippen molar-refractivity contribution in [1.29, 1.82) is 0 Å². The van der Waals surface area contributed by atoms with Crippen LogP contribution in [0.1, 0.15) is 19.4 Å². The van der Waals surface area contributed by atoms with E-state index in [-0.39, 0.29) is 6.10 Å². The van der Waals surface area contributed by atoms with Gasteiger partial charge in [0.1, 0.15) is 6.61 Å². The molecular formula is C13H21NO3. The Balaban J connectivity index is 2.84. The first-order chi connectivity index (χ1) is 8.22. The Morgan fingerprint density at radius 3 is 2.65 bits per heavy atom. The van der Waals surface area contributed by atoms with Gasteiger partial charge < -0.3 is 19.9 Å². The molecule has 4 heteroatoms. The van der Waals surface area contributed by atoms with Crippen LogP contribution in [0.3, 0.4) is 0 Å². The van der Waals surface area contributed by atoms with Crippen molar-refractivity contribution in [2.24, 2.45) is 5.73 Å². The molecule has 0 fully saturated rings. The Bertz CT molecular complexity index is 341. The number of rotatable bonds is 7. The minimum atomic E-state index is 0.0373. The largest absolute Gasteiger partial charge is 0.490 e. The number of para-hydroxylation sites is 1. The van der Waals surface area contributed by atoms with E-state index >= 15 is 0 Å². The second-order valence-corrected chi connectivity index (χ2v) is 3.74. The van der Waals surface area contributed by atoms with Crippen LogP contribution in [0.4, 0.5) is 0 Å². The Kier molecular flexibility index (Phi) is 5.80. The van der Waals surface area contributed by atoms with E-state index in [4.69, 9.17) is 19.9 Å². The predicted octanol–water partition coefficient (Wildman–Crippen LogP) is 1.96. The van der Waals surface area contributed by atoms with E-state index in [2.05, 4.69) is 0 Å². The van der Waals surface area contributed by atoms with E-state index in [1.165, 1.54) is 0 Å². The fourth-order valence-corrected chi connectivity index (χ4v) is 1.42. The first-order valence-electron chi connectivity index (χ1n) is 5.83. The second-order valence-electron chi connectivity index (χ2n) is 3.74. The first-order valence-corrected chi connectivity index (χ1v) is 5.83. The monoisotopic (exact) mass is 239 g/mol. The van der Waals surface area contributed by atoms with Crippen LogP contribution in [-0.4, -0.2) is 26.4 Å². The van der Waals surface area contributed by atoms with Crippen LogP contribution in [0.25, 0.3) is 0 Å². The minimum absolute atomic E-state index is 0.0373. The molecule has 1 aromatic carbocycles. The zero-order valence-corrected chi connectivity index (χ0v) is 10.7. The normalized spacial score (nSPS) is 12.2. The van der Waals surface area contributed by atoms with Crippen molar-refractivity contribution in [1.82, 2.24) is 0 Å². The van der Waals surface area contributed by atoms with Crippen molar-refractivity contribution >= 4 is 0 Å². The van der Waals surface area contributed by atoms with Crippen molar-refractivity contribution in [3.63, 3.8) is 0 Å². The van der Waals surface area contributed by atoms with Gasteiger partial charge in [-0.1, -0.05) is 12.1 Å². The highest BCUT2D eigenvalue weighted by molar-refractivity contribution is 5.46. The SMILES string of the molecule is CCOc1cccc(CN)c1OCC(C)OC. The summed E-state index contributed by atoms with van der Waals surface area (Å²) >= 11 is 0. The molecule has 0 aromatic heterocycles. The smallest absolute Gasteiger partial charge is 0.165 e. The molecule has 0 radical (unpaired) electrons. The molecule has 1 aromatic rings. The summed E-state index contributed by atoms with van der Waals surface area (Å²) in [6, 6.07) is 5.74. The van der Waals surface area contributed by atoms with E-state index in [1.54, 1.807) is 7.11 Å². The van der Waals surface area contributed by atoms with Crippen LogP contribution in [0.2, 0.25) is 0 Å². The lowest BCUT2D eigenvalue weighted by molar-refractivity contribution is 0.0699. The van der Waals surface area contributed by atoms with Crippen LogP contribution in [-0.2, 0) is 11.3 Å². The summed E-state index contributed by atoms with van der Waals surface area (Å²) in [6.45, 7) is 5.40. The highest BCUT2D eigenvalue weighted by Crippen LogP contribution is 2.31. The maximum Gasteiger partial charge on any atom is 0.165 e. The summed E-state index contributed by atoms with van der Waals surface area (Å²) < 4.78 is 16.4. The van der Waals surface area contributed by atoms with Gasteiger partial charge in [0.25, 0.3) is 0 Å². The van der Waals surface area contributed by atoms with Gasteiger partial charge in [-0.25, -0.2) is 0 Å². The van der Waals surface area contributed by atoms with E-state index in [1.807, 2.05) is 32.0 Å². The predicted molar refractivity (Wildman–Crippen MR) is 67.5 cm³/mol. The minimum Gasteiger partial charge on any atom is -0.490 e. The van der Waals surface area contributed by atoms with Crippen LogP contribution in [0.15, 0.2) is 18.2 Å². The molecule has 0 aliphatic heterocycles. The Morgan fingerprint density at radius 2 is 2.06 bits per heavy atom. The number of hydrogen-bond donors (Lipinski definition) is 1. The molecule has 96 valence electrons. The van der Waals surface area contributed by atoms with Gasteiger partial charge in [0.05, 0.1) is 12.7 Å². The maximum atomic E-state index is 5.73. The molecule has 17 heavy (non-hydrogen) atoms. The lowest BCUT2D eigenvalue weighted by Gasteiger charge is -2.17. The Hall–Kier alpha value is -1.26. The molecule has 4 nitrogen and oxygen atoms in total. The molecule has 1 unspecified atom stereocenters. The molecular weight excluding hydrogens is 218 g/mol. The molecule has 0 aliphatic carbocycles. The average molecular weight is 239 g/mol. The van der Waals surface area contributed by atoms with Crippen molar-refractivity contribution in [2.75, 3.05) is 20.3 Å². The van der Waals surface area contributed by atoms with Gasteiger partial charge in [-0.2, -0.15) is 0 Å². The van der Waals surface area contributed by atoms with E-state index in [0.29, 0.717) is 19.8 Å². The third kappa shape index (κ3) is 3.91. The third-order valence-corrected chi connectivity index (χ3v) is 2.44. The van der Waals surface area contributed by atoms with Crippen molar-refractivity contribution in [2.45, 2.75) is 26.5 Å². The number of methoxy groups -OCH3 is 1. The molecule has 0 amide bonds. The highest BCUT2D eigenvalue weighted by atomic mass is 16.5. The number of ether oxygens (including phenoxy) is 3. The number of nitrogens with two attached hydrogens (primary N) is 1. The number of benzene rings is 1. The van der Waals surface area contributed by atoms with Gasteiger partial charge in [-0.05, 0) is 19.9 Å². The zero-order chi connectivity index (χ0) is 12.7. The number of hydrogen-bond acceptors (Lipinski definition) is 4. The summed E-state index contributed by atoms with van der Waals surface area (Å²) in [5.41, 5.74) is 6.63. The maximum absolute atomic E-state index is 5.73. The molecule has 0 spiro atoms. The molecule has 0 heterocycles. The summed E-state index contributed by atoms with van der Waals surface area (Å²) in [4.78, 5) is 0. The fraction of sp³-hybridized carbons (Fsp3) is 0.538. The average Bonchev–Trinajstić information content (AvgIpc) is 2.36. The van der Waals surface area contributed by atoms with Crippen LogP contribution in [0.5, 0.6) is 11.5 Å². The Morgan fingerprint density at radius 1 is 1.29 bits per heavy atom. The fourth-order valence-electron chi connectivity index (χ4n) is 1.42. The van der Waals surface area contributed by atoms with Gasteiger partial charge in [-0.3, -0.25) is 0 Å². The lowest BCUT2D eigenvalue weighted by Crippen LogP contribution is -2.17. The second kappa shape index (κ2) is 7.14. The van der Waals surface area contributed by atoms with Crippen LogP contribution in [0, 0.1) is 0 Å². The molecule has 2 N–H and O–H groups in total. The Labute approximate surface area is 103 Å². The summed E-state index contributed by atoms with van der Waals surface area (Å²) in [6.07, 6.45) is 0.0373. The van der Waals surface area contributed by atoms with Gasteiger partial charge in [0, 0.05) is 19.2 Å². The molecule has 1 atom stereocenters. The van der Waals surface area contributed by atoms with Crippen LogP contribution < -0.4 is 15.2 Å². The van der Waals surface area contributed by atoms with E-state index in [0.717, 1.165) is 17.1 Å². The van der Waals surface area contributed by atoms with Crippen molar-refractivity contribution in [3.05, 3.63) is 23.8 Å². The van der Waals surface area contributed by atoms with Gasteiger partial charge >= 0.3 is 0 Å². The summed E-state index contributed by atoms with van der Waals surface area (Å²) in [5, 5.41) is 0. The molecule has 1 rings (SSSR count). The highest BCUT2D eigenvalue weighted by Gasteiger charge is 2.11. The zero-order valence-electron chi connectivity index (χ0n) is 10.7. The molecule has 0 aliphatic rings. The van der Waals surface area contributed by atoms with Crippen molar-refractivity contribution < 1.29 is 14.2 Å². The molecule has 0 bridgehead atoms. The standard InChI is InChI=1S/C13H21NO3/c1-4-16-12-7-5-6-11(8-14)13(12)17-9-10(2)15-3/h5-7,10H,4,8-9,14H2,1-3H3. The van der Waals surface area contributed by atoms with Gasteiger partial charge in [0.2, 0.25) is 0 Å². The summed E-state index contributed by atoms with van der Waals surface area (Å²) in [7, 11) is 1.66. The lowest BCUT2D eigenvalue weighted by atomic mass is 10.2. The quantitative estimate of drug-likeness (QED) is 0.790. The van der Waals surface area contributed by atoms with Crippen LogP contribution >= 0.6 is 0 Å². The van der Waals surface area contributed by atoms with E-state index in [9.17, 15) is 0 Å².